The number of Topliss-reactive ketones (excluding diaryl/α,β-unsaturated/α-hetero) is 1. The van der Waals surface area contributed by atoms with Crippen molar-refractivity contribution in [3.63, 3.8) is 0 Å². The van der Waals surface area contributed by atoms with Crippen LogP contribution in [0.25, 0.3) is 0 Å². The quantitative estimate of drug-likeness (QED) is 0.213. The Morgan fingerprint density at radius 3 is 2.32 bits per heavy atom. The molecule has 0 amide bonds. The predicted octanol–water partition coefficient (Wildman–Crippen LogP) is 5.70. The first-order valence-electron chi connectivity index (χ1n) is 21.3. The lowest BCUT2D eigenvalue weighted by molar-refractivity contribution is -0.309. The molecule has 1 aromatic rings. The van der Waals surface area contributed by atoms with Gasteiger partial charge in [-0.1, -0.05) is 20.8 Å². The number of esters is 1. The monoisotopic (exact) mass is 846 g/mol. The molecule has 4 rings (SSSR count). The molecule has 0 radical (unpaired) electrons. The number of rotatable bonds is 11. The molecule has 15 nitrogen and oxygen atoms in total. The zero-order chi connectivity index (χ0) is 44.7. The molecule has 15 heteroatoms. The van der Waals surface area contributed by atoms with Crippen molar-refractivity contribution >= 4 is 17.8 Å². The molecule has 0 spiro atoms. The number of nitrogens with zero attached hydrogens (tertiary/aromatic N) is 3. The molecule has 0 saturated carbocycles. The Kier molecular flexibility index (Phi) is 17.1. The van der Waals surface area contributed by atoms with Crippen LogP contribution < -0.4 is 0 Å². The first-order valence-corrected chi connectivity index (χ1v) is 21.3. The van der Waals surface area contributed by atoms with Crippen LogP contribution in [0.2, 0.25) is 0 Å². The van der Waals surface area contributed by atoms with Crippen molar-refractivity contribution in [1.29, 1.82) is 0 Å². The molecule has 4 heterocycles. The highest BCUT2D eigenvalue weighted by molar-refractivity contribution is 5.96. The lowest BCUT2D eigenvalue weighted by atomic mass is 9.76. The maximum absolute atomic E-state index is 14.7. The number of allylic oxidation sites excluding steroid dienone is 1. The van der Waals surface area contributed by atoms with E-state index in [1.165, 1.54) is 30.4 Å². The summed E-state index contributed by atoms with van der Waals surface area (Å²) in [7, 11) is 5.15. The van der Waals surface area contributed by atoms with Gasteiger partial charge in [-0.3, -0.25) is 9.59 Å². The van der Waals surface area contributed by atoms with Crippen LogP contribution in [-0.4, -0.2) is 137 Å². The molecule has 1 N–H and O–H groups in total. The molecule has 15 atom stereocenters. The third-order valence-electron chi connectivity index (χ3n) is 13.0. The van der Waals surface area contributed by atoms with Crippen LogP contribution in [0.3, 0.4) is 0 Å². The summed E-state index contributed by atoms with van der Waals surface area (Å²) in [4.78, 5) is 48.7. The molecule has 0 aromatic carbocycles. The van der Waals surface area contributed by atoms with Crippen molar-refractivity contribution in [3.05, 3.63) is 30.4 Å². The van der Waals surface area contributed by atoms with Gasteiger partial charge in [0, 0.05) is 70.3 Å². The molecular weight excluding hydrogens is 775 g/mol. The third kappa shape index (κ3) is 11.4. The van der Waals surface area contributed by atoms with Crippen LogP contribution in [0.4, 0.5) is 4.79 Å². The van der Waals surface area contributed by atoms with Gasteiger partial charge in [-0.25, -0.2) is 14.3 Å². The van der Waals surface area contributed by atoms with Gasteiger partial charge in [-0.2, -0.15) is 0 Å². The summed E-state index contributed by atoms with van der Waals surface area (Å²) < 4.78 is 52.5. The van der Waals surface area contributed by atoms with Crippen molar-refractivity contribution < 1.29 is 57.4 Å². The average molecular weight is 846 g/mol. The van der Waals surface area contributed by atoms with Gasteiger partial charge < -0.3 is 47.9 Å². The number of cyclic esters (lactones) is 1. The first-order chi connectivity index (χ1) is 28.1. The highest BCUT2D eigenvalue weighted by Gasteiger charge is 2.52. The smallest absolute Gasteiger partial charge is 0.420 e. The van der Waals surface area contributed by atoms with E-state index < -0.39 is 89.7 Å². The Labute approximate surface area is 357 Å². The molecule has 1 aromatic heterocycles. The molecule has 338 valence electrons. The number of hydrogen-bond acceptors (Lipinski definition) is 14. The third-order valence-corrected chi connectivity index (χ3v) is 13.0. The largest absolute Gasteiger partial charge is 0.457 e. The van der Waals surface area contributed by atoms with Crippen LogP contribution in [0.5, 0.6) is 0 Å². The van der Waals surface area contributed by atoms with Crippen molar-refractivity contribution in [3.8, 4) is 12.3 Å². The van der Waals surface area contributed by atoms with Crippen LogP contribution in [0, 0.1) is 30.1 Å². The van der Waals surface area contributed by atoms with E-state index in [-0.39, 0.29) is 37.2 Å². The first kappa shape index (κ1) is 49.5. The van der Waals surface area contributed by atoms with Crippen molar-refractivity contribution in [2.75, 3.05) is 27.8 Å². The second-order valence-corrected chi connectivity index (χ2v) is 17.8. The minimum atomic E-state index is -1.58. The van der Waals surface area contributed by atoms with Gasteiger partial charge in [0.2, 0.25) is 0 Å². The Morgan fingerprint density at radius 1 is 1.03 bits per heavy atom. The highest BCUT2D eigenvalue weighted by atomic mass is 16.7. The van der Waals surface area contributed by atoms with Gasteiger partial charge in [-0.15, -0.1) is 12.3 Å². The number of hydrogen-bond donors (Lipinski definition) is 1. The summed E-state index contributed by atoms with van der Waals surface area (Å²) in [6.45, 7) is 18.7. The summed E-state index contributed by atoms with van der Waals surface area (Å²) in [5.41, 5.74) is -3.43. The number of aromatic nitrogens is 2. The number of aliphatic hydroxyl groups is 1. The van der Waals surface area contributed by atoms with E-state index in [1.807, 2.05) is 41.7 Å². The fourth-order valence-corrected chi connectivity index (χ4v) is 9.26. The van der Waals surface area contributed by atoms with Crippen molar-refractivity contribution in [2.45, 2.75) is 180 Å². The number of carbonyl (C=O) groups is 3. The van der Waals surface area contributed by atoms with E-state index in [9.17, 15) is 19.5 Å². The van der Waals surface area contributed by atoms with E-state index in [2.05, 4.69) is 15.8 Å². The van der Waals surface area contributed by atoms with Gasteiger partial charge in [-0.05, 0) is 86.4 Å². The minimum absolute atomic E-state index is 0.113. The normalized spacial score (nSPS) is 40.8. The maximum atomic E-state index is 14.7. The van der Waals surface area contributed by atoms with Crippen molar-refractivity contribution in [2.24, 2.45) is 17.8 Å². The Hall–Kier alpha value is -3.20. The summed E-state index contributed by atoms with van der Waals surface area (Å²) in [6.07, 6.45) is 6.96. The van der Waals surface area contributed by atoms with Crippen LogP contribution >= 0.6 is 0 Å². The molecule has 0 unspecified atom stereocenters. The molecule has 2 saturated heterocycles. The second kappa shape index (κ2) is 20.8. The SMILES string of the molecule is C#CCCN(C)[C@@H]1C[C@H](O[C@@H]2[C@@H](C)[C@H](O[C@H]3C[C@@](C)(OC)[C@@H](O)[C@H](C)O3)[C@@H](C)C(=O)O[C@H](CC)[C@@](C)(OC(=O)n3ccnc3)/C=C(\C)C(=O)[C@H](C)C[C@@]2(C)OC)O[C@H](C)C1. The summed E-state index contributed by atoms with van der Waals surface area (Å²) in [5.74, 6) is -0.336. The van der Waals surface area contributed by atoms with Crippen LogP contribution in [-0.2, 0) is 47.5 Å². The number of methoxy groups -OCH3 is 2. The Balaban J connectivity index is 1.86. The molecule has 0 aliphatic carbocycles. The summed E-state index contributed by atoms with van der Waals surface area (Å²) >= 11 is 0. The minimum Gasteiger partial charge on any atom is -0.457 e. The molecule has 3 aliphatic heterocycles. The fraction of sp³-hybridized carbons (Fsp3) is 0.778. The van der Waals surface area contributed by atoms with Gasteiger partial charge in [0.25, 0.3) is 0 Å². The maximum Gasteiger partial charge on any atom is 0.420 e. The van der Waals surface area contributed by atoms with E-state index >= 15 is 0 Å². The average Bonchev–Trinajstić information content (AvgIpc) is 3.76. The van der Waals surface area contributed by atoms with Crippen LogP contribution in [0.1, 0.15) is 108 Å². The lowest BCUT2D eigenvalue weighted by Gasteiger charge is -2.49. The zero-order valence-electron chi connectivity index (χ0n) is 38.0. The summed E-state index contributed by atoms with van der Waals surface area (Å²) in [5, 5.41) is 11.1. The number of carbonyl (C=O) groups excluding carboxylic acids is 3. The predicted molar refractivity (Wildman–Crippen MR) is 223 cm³/mol. The van der Waals surface area contributed by atoms with Gasteiger partial charge >= 0.3 is 12.1 Å². The van der Waals surface area contributed by atoms with Gasteiger partial charge in [0.05, 0.1) is 41.5 Å². The molecular formula is C45H71N3O12. The summed E-state index contributed by atoms with van der Waals surface area (Å²) in [6, 6.07) is 0.113. The molecule has 60 heavy (non-hydrogen) atoms. The van der Waals surface area contributed by atoms with Crippen molar-refractivity contribution in [1.82, 2.24) is 14.5 Å². The number of terminal acetylenes is 1. The second-order valence-electron chi connectivity index (χ2n) is 17.8. The molecule has 2 fully saturated rings. The van der Waals surface area contributed by atoms with E-state index in [4.69, 9.17) is 44.3 Å². The van der Waals surface area contributed by atoms with E-state index in [0.717, 1.165) is 6.42 Å². The van der Waals surface area contributed by atoms with Gasteiger partial charge in [0.1, 0.15) is 18.5 Å². The number of aliphatic hydroxyl groups excluding tert-OH is 1. The standard InChI is InChI=1S/C45H71N3O12/c1-15-17-19-47(12)33-21-29(5)55-35(22-33)59-40-30(6)38(58-36-25-44(10,53-13)39(50)32(8)56-36)31(7)41(51)57-34(16-2)43(9,60-42(52)48-20-18-46-26-48)23-27(3)37(49)28(4)24-45(40,11)54-14/h1,18,20,23,26,28-36,38-40,50H,16-17,19,21-22,24-25H2,2-14H3/b27-23+/t28-,29-,30+,31-,32+,33+,34-,35+,36+,38+,39+,40-,43+,44-,45-/m1/s1. The lowest BCUT2D eigenvalue weighted by Crippen LogP contribution is -2.59. The number of ketones is 1. The van der Waals surface area contributed by atoms with E-state index in [1.54, 1.807) is 47.8 Å². The number of imidazole rings is 1. The Bertz CT molecular complexity index is 1670. The highest BCUT2D eigenvalue weighted by Crippen LogP contribution is 2.41. The topological polar surface area (TPSA) is 166 Å². The Morgan fingerprint density at radius 2 is 1.72 bits per heavy atom. The van der Waals surface area contributed by atoms with Gasteiger partial charge in [0.15, 0.2) is 24.0 Å². The zero-order valence-corrected chi connectivity index (χ0v) is 38.0. The van der Waals surface area contributed by atoms with Crippen LogP contribution in [0.15, 0.2) is 30.4 Å². The molecule has 3 aliphatic rings. The fourth-order valence-electron chi connectivity index (χ4n) is 9.26. The van der Waals surface area contributed by atoms with E-state index in [0.29, 0.717) is 25.0 Å². The number of ether oxygens (including phenoxy) is 8. The molecule has 0 bridgehead atoms.